The van der Waals surface area contributed by atoms with Crippen LogP contribution < -0.4 is 0 Å². The van der Waals surface area contributed by atoms with Gasteiger partial charge in [-0.1, -0.05) is 54.2 Å². The van der Waals surface area contributed by atoms with Crippen molar-refractivity contribution in [3.05, 3.63) is 101 Å². The van der Waals surface area contributed by atoms with Gasteiger partial charge in [0, 0.05) is 11.5 Å². The molecule has 6 atom stereocenters. The Hall–Kier alpha value is -3.83. The van der Waals surface area contributed by atoms with Gasteiger partial charge in [-0.3, -0.25) is 29.0 Å². The first-order valence-electron chi connectivity index (χ1n) is 14.5. The quantitative estimate of drug-likeness (QED) is 0.374. The zero-order valence-corrected chi connectivity index (χ0v) is 24.3. The highest BCUT2D eigenvalue weighted by molar-refractivity contribution is 7.99. The monoisotopic (exact) mass is 598 g/mol. The number of fused-ring (bicyclic) bond motifs is 2. The molecule has 1 unspecified atom stereocenters. The largest absolute Gasteiger partial charge is 0.360 e. The van der Waals surface area contributed by atoms with Crippen molar-refractivity contribution in [1.29, 1.82) is 0 Å². The number of nitrogens with zero attached hydrogens (tertiary/aromatic N) is 2. The van der Waals surface area contributed by atoms with Gasteiger partial charge in [0.05, 0.1) is 34.4 Å². The van der Waals surface area contributed by atoms with Crippen LogP contribution in [-0.2, 0) is 14.2 Å². The smallest absolute Gasteiger partial charge is 0.262 e. The van der Waals surface area contributed by atoms with Crippen molar-refractivity contribution in [2.45, 2.75) is 67.1 Å². The second-order valence-electron chi connectivity index (χ2n) is 11.1. The summed E-state index contributed by atoms with van der Waals surface area (Å²) < 4.78 is 19.3. The highest BCUT2D eigenvalue weighted by atomic mass is 32.2. The molecule has 9 nitrogen and oxygen atoms in total. The second kappa shape index (κ2) is 11.3. The Labute approximate surface area is 253 Å². The first-order chi connectivity index (χ1) is 20.9. The lowest BCUT2D eigenvalue weighted by atomic mass is 9.92. The molecule has 0 radical (unpaired) electrons. The van der Waals surface area contributed by atoms with Gasteiger partial charge in [0.15, 0.2) is 6.29 Å². The molecule has 43 heavy (non-hydrogen) atoms. The summed E-state index contributed by atoms with van der Waals surface area (Å²) in [5.74, 6) is -1.87. The number of amides is 4. The number of hydrogen-bond donors (Lipinski definition) is 0. The standard InChI is InChI=1S/C33H30N2O7S/c1-19-26(34-29(36)21-13-5-6-14-22(21)30(34)37)28(42-25-17-9-10-18-40-25)27(33(41-19)43-20-11-3-2-4-12-20)35-31(38)23-15-7-8-16-24(23)32(35)39/h2-8,11-16,19,25-28,33H,9-10,17-18H2,1H3/t19-,25?,26+,27-,28+,33-/m1/s1. The van der Waals surface area contributed by atoms with Crippen LogP contribution in [0.2, 0.25) is 0 Å². The van der Waals surface area contributed by atoms with Crippen molar-refractivity contribution in [1.82, 2.24) is 9.80 Å². The summed E-state index contributed by atoms with van der Waals surface area (Å²) in [6, 6.07) is 21.0. The predicted molar refractivity (Wildman–Crippen MR) is 157 cm³/mol. The van der Waals surface area contributed by atoms with E-state index in [-0.39, 0.29) is 0 Å². The lowest BCUT2D eigenvalue weighted by Crippen LogP contribution is -2.69. The zero-order chi connectivity index (χ0) is 29.7. The van der Waals surface area contributed by atoms with E-state index in [1.807, 2.05) is 30.3 Å². The van der Waals surface area contributed by atoms with E-state index in [0.29, 0.717) is 35.3 Å². The number of imide groups is 2. The summed E-state index contributed by atoms with van der Waals surface area (Å²) in [6.45, 7) is 2.30. The van der Waals surface area contributed by atoms with Crippen LogP contribution >= 0.6 is 11.8 Å². The molecule has 4 aliphatic heterocycles. The summed E-state index contributed by atoms with van der Waals surface area (Å²) in [5, 5.41) is 0. The average molecular weight is 599 g/mol. The molecule has 2 fully saturated rings. The van der Waals surface area contributed by atoms with E-state index >= 15 is 0 Å². The molecule has 3 aromatic carbocycles. The fourth-order valence-electron chi connectivity index (χ4n) is 6.46. The SMILES string of the molecule is C[C@H]1O[C@H](Sc2ccccc2)[C@H](N2C(=O)c3ccccc3C2=O)[C@@H](OC2CCCCO2)[C@H]1N1C(=O)c2ccccc2C1=O. The van der Waals surface area contributed by atoms with Gasteiger partial charge in [0.1, 0.15) is 17.6 Å². The van der Waals surface area contributed by atoms with E-state index in [1.54, 1.807) is 55.5 Å². The molecule has 7 rings (SSSR count). The van der Waals surface area contributed by atoms with Crippen LogP contribution in [0.25, 0.3) is 0 Å². The predicted octanol–water partition coefficient (Wildman–Crippen LogP) is 4.76. The number of carbonyl (C=O) groups is 4. The lowest BCUT2D eigenvalue weighted by Gasteiger charge is -2.50. The molecular weight excluding hydrogens is 568 g/mol. The summed E-state index contributed by atoms with van der Waals surface area (Å²) in [4.78, 5) is 58.8. The van der Waals surface area contributed by atoms with E-state index < -0.39 is 59.6 Å². The molecule has 0 spiro atoms. The minimum atomic E-state index is -0.992. The normalized spacial score (nSPS) is 28.8. The van der Waals surface area contributed by atoms with Gasteiger partial charge in [0.2, 0.25) is 0 Å². The lowest BCUT2D eigenvalue weighted by molar-refractivity contribution is -0.237. The summed E-state index contributed by atoms with van der Waals surface area (Å²) >= 11 is 1.37. The molecule has 0 aromatic heterocycles. The molecular formula is C33H30N2O7S. The molecule has 2 saturated heterocycles. The average Bonchev–Trinajstić information content (AvgIpc) is 3.43. The summed E-state index contributed by atoms with van der Waals surface area (Å²) in [7, 11) is 0. The molecule has 10 heteroatoms. The third kappa shape index (κ3) is 4.78. The Bertz CT molecular complexity index is 1520. The Kier molecular flexibility index (Phi) is 7.38. The molecule has 220 valence electrons. The molecule has 4 heterocycles. The van der Waals surface area contributed by atoms with Crippen LogP contribution in [0.15, 0.2) is 83.8 Å². The van der Waals surface area contributed by atoms with Gasteiger partial charge < -0.3 is 14.2 Å². The first-order valence-corrected chi connectivity index (χ1v) is 15.4. The van der Waals surface area contributed by atoms with Crippen LogP contribution in [-0.4, -0.2) is 76.1 Å². The number of benzene rings is 3. The number of carbonyl (C=O) groups excluding carboxylic acids is 4. The maximum absolute atomic E-state index is 14.0. The Morgan fingerprint density at radius 2 is 1.21 bits per heavy atom. The molecule has 0 N–H and O–H groups in total. The topological polar surface area (TPSA) is 102 Å². The Balaban J connectivity index is 1.35. The van der Waals surface area contributed by atoms with E-state index in [9.17, 15) is 19.2 Å². The van der Waals surface area contributed by atoms with Crippen LogP contribution in [0.3, 0.4) is 0 Å². The van der Waals surface area contributed by atoms with E-state index in [2.05, 4.69) is 0 Å². The van der Waals surface area contributed by atoms with Crippen LogP contribution in [0, 0.1) is 0 Å². The Morgan fingerprint density at radius 3 is 1.72 bits per heavy atom. The molecule has 0 bridgehead atoms. The minimum absolute atomic E-state index is 0.291. The molecule has 3 aromatic rings. The van der Waals surface area contributed by atoms with E-state index in [1.165, 1.54) is 21.6 Å². The number of rotatable bonds is 6. The highest BCUT2D eigenvalue weighted by Gasteiger charge is 2.58. The maximum Gasteiger partial charge on any atom is 0.262 e. The van der Waals surface area contributed by atoms with Crippen molar-refractivity contribution in [2.24, 2.45) is 0 Å². The van der Waals surface area contributed by atoms with Crippen LogP contribution in [0.1, 0.15) is 67.6 Å². The summed E-state index contributed by atoms with van der Waals surface area (Å²) in [5.41, 5.74) is 0.412. The van der Waals surface area contributed by atoms with Crippen molar-refractivity contribution in [3.8, 4) is 0 Å². The third-order valence-corrected chi connectivity index (χ3v) is 9.64. The van der Waals surface area contributed by atoms with Gasteiger partial charge in [-0.15, -0.1) is 0 Å². The van der Waals surface area contributed by atoms with Crippen LogP contribution in [0.4, 0.5) is 0 Å². The van der Waals surface area contributed by atoms with E-state index in [4.69, 9.17) is 14.2 Å². The van der Waals surface area contributed by atoms with Crippen molar-refractivity contribution in [2.75, 3.05) is 6.61 Å². The fourth-order valence-corrected chi connectivity index (χ4v) is 7.69. The molecule has 4 aliphatic rings. The number of hydrogen-bond acceptors (Lipinski definition) is 8. The van der Waals surface area contributed by atoms with Crippen molar-refractivity contribution in [3.63, 3.8) is 0 Å². The van der Waals surface area contributed by atoms with Crippen molar-refractivity contribution < 1.29 is 33.4 Å². The maximum atomic E-state index is 14.0. The Morgan fingerprint density at radius 1 is 0.698 bits per heavy atom. The van der Waals surface area contributed by atoms with Gasteiger partial charge in [0.25, 0.3) is 23.6 Å². The highest BCUT2D eigenvalue weighted by Crippen LogP contribution is 2.43. The number of ether oxygens (including phenoxy) is 3. The fraction of sp³-hybridized carbons (Fsp3) is 0.333. The molecule has 0 aliphatic carbocycles. The molecule has 4 amide bonds. The van der Waals surface area contributed by atoms with Crippen LogP contribution in [0.5, 0.6) is 0 Å². The third-order valence-electron chi connectivity index (χ3n) is 8.47. The number of thioether (sulfide) groups is 1. The van der Waals surface area contributed by atoms with Gasteiger partial charge >= 0.3 is 0 Å². The van der Waals surface area contributed by atoms with Crippen molar-refractivity contribution >= 4 is 35.4 Å². The van der Waals surface area contributed by atoms with E-state index in [0.717, 1.165) is 17.7 Å². The minimum Gasteiger partial charge on any atom is -0.360 e. The van der Waals surface area contributed by atoms with Gasteiger partial charge in [-0.25, -0.2) is 0 Å². The molecule has 0 saturated carbocycles. The van der Waals surface area contributed by atoms with Gasteiger partial charge in [-0.05, 0) is 62.6 Å². The zero-order valence-electron chi connectivity index (χ0n) is 23.5. The second-order valence-corrected chi connectivity index (χ2v) is 12.2. The summed E-state index contributed by atoms with van der Waals surface area (Å²) in [6.07, 6.45) is 0.0512. The van der Waals surface area contributed by atoms with Gasteiger partial charge in [-0.2, -0.15) is 0 Å². The first kappa shape index (κ1) is 28.0.